The maximum absolute atomic E-state index is 13.5. The minimum atomic E-state index is -0.650. The zero-order chi connectivity index (χ0) is 15.6. The van der Waals surface area contributed by atoms with Crippen LogP contribution >= 0.6 is 23.2 Å². The second-order valence-corrected chi connectivity index (χ2v) is 4.79. The van der Waals surface area contributed by atoms with Crippen molar-refractivity contribution in [3.8, 4) is 11.5 Å². The van der Waals surface area contributed by atoms with Crippen molar-refractivity contribution in [1.82, 2.24) is 0 Å². The smallest absolute Gasteiger partial charge is 0.272 e. The Balaban J connectivity index is 2.45. The number of hydrogen-bond acceptors (Lipinski definition) is 4. The second-order valence-electron chi connectivity index (χ2n) is 3.97. The lowest BCUT2D eigenvalue weighted by molar-refractivity contribution is -0.384. The minimum absolute atomic E-state index is 0.0233. The molecule has 110 valence electrons. The van der Waals surface area contributed by atoms with Gasteiger partial charge in [0.25, 0.3) is 5.69 Å². The van der Waals surface area contributed by atoms with E-state index in [2.05, 4.69) is 0 Å². The van der Waals surface area contributed by atoms with E-state index >= 15 is 0 Å². The number of nitro benzene ring substituents is 1. The van der Waals surface area contributed by atoms with Crippen LogP contribution in [0.3, 0.4) is 0 Å². The van der Waals surface area contributed by atoms with Crippen LogP contribution in [0.15, 0.2) is 30.3 Å². The van der Waals surface area contributed by atoms with E-state index in [0.29, 0.717) is 0 Å². The molecule has 0 unspecified atom stereocenters. The summed E-state index contributed by atoms with van der Waals surface area (Å²) in [6.45, 7) is -0.579. The monoisotopic (exact) mass is 331 g/mol. The van der Waals surface area contributed by atoms with Gasteiger partial charge in [-0.3, -0.25) is 10.1 Å². The number of non-ortho nitro benzene ring substituents is 1. The number of hydrogen-bond donors (Lipinski definition) is 1. The molecular weight excluding hydrogens is 324 g/mol. The lowest BCUT2D eigenvalue weighted by Gasteiger charge is -2.12. The highest BCUT2D eigenvalue weighted by Gasteiger charge is 2.18. The van der Waals surface area contributed by atoms with Crippen LogP contribution in [0.5, 0.6) is 11.5 Å². The van der Waals surface area contributed by atoms with Gasteiger partial charge in [0.2, 0.25) is 0 Å². The van der Waals surface area contributed by atoms with Crippen LogP contribution in [0.25, 0.3) is 0 Å². The Morgan fingerprint density at radius 1 is 1.29 bits per heavy atom. The van der Waals surface area contributed by atoms with E-state index in [1.807, 2.05) is 0 Å². The van der Waals surface area contributed by atoms with Crippen molar-refractivity contribution in [1.29, 1.82) is 0 Å². The molecule has 0 heterocycles. The third-order valence-electron chi connectivity index (χ3n) is 2.64. The van der Waals surface area contributed by atoms with Gasteiger partial charge in [-0.1, -0.05) is 29.3 Å². The molecule has 21 heavy (non-hydrogen) atoms. The third-order valence-corrected chi connectivity index (χ3v) is 3.20. The Labute approximate surface area is 128 Å². The summed E-state index contributed by atoms with van der Waals surface area (Å²) in [4.78, 5) is 10.0. The average molecular weight is 332 g/mol. The fourth-order valence-corrected chi connectivity index (χ4v) is 2.20. The van der Waals surface area contributed by atoms with Crippen LogP contribution in [0.1, 0.15) is 5.56 Å². The van der Waals surface area contributed by atoms with E-state index in [1.54, 1.807) is 0 Å². The predicted octanol–water partition coefficient (Wildman–Crippen LogP) is 4.33. The number of rotatable bonds is 4. The summed E-state index contributed by atoms with van der Waals surface area (Å²) in [6, 6.07) is 6.11. The fraction of sp³-hybridized carbons (Fsp3) is 0.0769. The van der Waals surface area contributed by atoms with Gasteiger partial charge in [0, 0.05) is 12.1 Å². The van der Waals surface area contributed by atoms with Crippen molar-refractivity contribution < 1.29 is 19.2 Å². The number of nitro groups is 1. The van der Waals surface area contributed by atoms with Crippen molar-refractivity contribution in [2.24, 2.45) is 0 Å². The molecule has 8 heteroatoms. The lowest BCUT2D eigenvalue weighted by atomic mass is 10.2. The highest BCUT2D eigenvalue weighted by Crippen LogP contribution is 2.40. The SMILES string of the molecule is O=[N+]([O-])c1cc(Cl)c(Oc2cccc(F)c2CO)c(Cl)c1. The van der Waals surface area contributed by atoms with Gasteiger partial charge >= 0.3 is 0 Å². The van der Waals surface area contributed by atoms with E-state index in [1.165, 1.54) is 12.1 Å². The molecule has 0 amide bonds. The molecule has 2 aromatic carbocycles. The van der Waals surface area contributed by atoms with Gasteiger partial charge in [-0.05, 0) is 12.1 Å². The maximum atomic E-state index is 13.5. The summed E-state index contributed by atoms with van der Waals surface area (Å²) in [5.41, 5.74) is -0.359. The van der Waals surface area contributed by atoms with Gasteiger partial charge in [-0.25, -0.2) is 4.39 Å². The zero-order valence-electron chi connectivity index (χ0n) is 10.3. The number of aliphatic hydroxyl groups excluding tert-OH is 1. The maximum Gasteiger partial charge on any atom is 0.272 e. The largest absolute Gasteiger partial charge is 0.454 e. The molecule has 5 nitrogen and oxygen atoms in total. The molecule has 0 aliphatic carbocycles. The van der Waals surface area contributed by atoms with Gasteiger partial charge < -0.3 is 9.84 Å². The van der Waals surface area contributed by atoms with Crippen molar-refractivity contribution in [3.63, 3.8) is 0 Å². The van der Waals surface area contributed by atoms with Crippen molar-refractivity contribution >= 4 is 28.9 Å². The first-order valence-corrected chi connectivity index (χ1v) is 6.39. The Morgan fingerprint density at radius 3 is 2.43 bits per heavy atom. The van der Waals surface area contributed by atoms with Gasteiger partial charge in [-0.2, -0.15) is 0 Å². The normalized spacial score (nSPS) is 10.5. The van der Waals surface area contributed by atoms with Crippen LogP contribution in [-0.2, 0) is 6.61 Å². The van der Waals surface area contributed by atoms with E-state index < -0.39 is 17.3 Å². The Kier molecular flexibility index (Phi) is 4.62. The molecule has 0 atom stereocenters. The van der Waals surface area contributed by atoms with Gasteiger partial charge in [0.15, 0.2) is 5.75 Å². The van der Waals surface area contributed by atoms with E-state index in [4.69, 9.17) is 33.0 Å². The van der Waals surface area contributed by atoms with Crippen LogP contribution < -0.4 is 4.74 Å². The number of benzene rings is 2. The summed E-state index contributed by atoms with van der Waals surface area (Å²) in [7, 11) is 0. The number of halogens is 3. The molecule has 0 aliphatic rings. The van der Waals surface area contributed by atoms with Gasteiger partial charge in [0.05, 0.1) is 27.1 Å². The molecule has 0 aromatic heterocycles. The first kappa shape index (κ1) is 15.5. The first-order valence-electron chi connectivity index (χ1n) is 5.63. The molecule has 0 spiro atoms. The molecule has 0 saturated carbocycles. The second kappa shape index (κ2) is 6.26. The molecule has 1 N–H and O–H groups in total. The van der Waals surface area contributed by atoms with Gasteiger partial charge in [0.1, 0.15) is 11.6 Å². The van der Waals surface area contributed by atoms with Crippen molar-refractivity contribution in [2.75, 3.05) is 0 Å². The van der Waals surface area contributed by atoms with E-state index in [-0.39, 0.29) is 32.8 Å². The van der Waals surface area contributed by atoms with Gasteiger partial charge in [-0.15, -0.1) is 0 Å². The molecule has 2 rings (SSSR count). The quantitative estimate of drug-likeness (QED) is 0.668. The highest BCUT2D eigenvalue weighted by molar-refractivity contribution is 6.37. The summed E-state index contributed by atoms with van der Waals surface area (Å²) >= 11 is 11.8. The lowest BCUT2D eigenvalue weighted by Crippen LogP contribution is -1.97. The summed E-state index contributed by atoms with van der Waals surface area (Å²) in [5.74, 6) is -0.677. The number of nitrogens with zero attached hydrogens (tertiary/aromatic N) is 1. The van der Waals surface area contributed by atoms with Crippen LogP contribution in [-0.4, -0.2) is 10.0 Å². The van der Waals surface area contributed by atoms with E-state index in [0.717, 1.165) is 18.2 Å². The summed E-state index contributed by atoms with van der Waals surface area (Å²) in [6.07, 6.45) is 0. The van der Waals surface area contributed by atoms with Crippen molar-refractivity contribution in [2.45, 2.75) is 6.61 Å². The predicted molar refractivity (Wildman–Crippen MR) is 75.5 cm³/mol. The summed E-state index contributed by atoms with van der Waals surface area (Å²) < 4.78 is 18.9. The topological polar surface area (TPSA) is 72.6 Å². The zero-order valence-corrected chi connectivity index (χ0v) is 11.9. The average Bonchev–Trinajstić information content (AvgIpc) is 2.42. The Bertz CT molecular complexity index is 686. The van der Waals surface area contributed by atoms with E-state index in [9.17, 15) is 14.5 Å². The molecular formula is C13H8Cl2FNO4. The molecule has 0 radical (unpaired) electrons. The summed E-state index contributed by atoms with van der Waals surface area (Å²) in [5, 5.41) is 19.7. The van der Waals surface area contributed by atoms with Crippen LogP contribution in [0.2, 0.25) is 10.0 Å². The molecule has 0 saturated heterocycles. The fourth-order valence-electron chi connectivity index (χ4n) is 1.65. The first-order chi connectivity index (χ1) is 9.93. The Hall–Kier alpha value is -1.89. The highest BCUT2D eigenvalue weighted by atomic mass is 35.5. The van der Waals surface area contributed by atoms with Crippen LogP contribution in [0, 0.1) is 15.9 Å². The molecule has 0 fully saturated rings. The molecule has 0 bridgehead atoms. The minimum Gasteiger partial charge on any atom is -0.454 e. The van der Waals surface area contributed by atoms with Crippen molar-refractivity contribution in [3.05, 3.63) is 61.9 Å². The standard InChI is InChI=1S/C13H8Cl2FNO4/c14-9-4-7(17(19)20)5-10(15)13(9)21-12-3-1-2-11(16)8(12)6-18/h1-5,18H,6H2. The van der Waals surface area contributed by atoms with Crippen LogP contribution in [0.4, 0.5) is 10.1 Å². The Morgan fingerprint density at radius 2 is 1.90 bits per heavy atom. The number of ether oxygens (including phenoxy) is 1. The molecule has 0 aliphatic heterocycles. The third kappa shape index (κ3) is 3.24. The number of aliphatic hydroxyl groups is 1. The molecule has 2 aromatic rings.